The van der Waals surface area contributed by atoms with Crippen molar-refractivity contribution in [2.45, 2.75) is 38.6 Å². The van der Waals surface area contributed by atoms with Gasteiger partial charge in [-0.25, -0.2) is 4.39 Å². The maximum Gasteiger partial charge on any atom is 0.258 e. The molecule has 1 unspecified atom stereocenters. The molecular formula is C28H27FN2O4. The molecule has 1 atom stereocenters. The van der Waals surface area contributed by atoms with Crippen LogP contribution in [0.2, 0.25) is 0 Å². The van der Waals surface area contributed by atoms with Gasteiger partial charge in [0.25, 0.3) is 5.56 Å². The van der Waals surface area contributed by atoms with Crippen LogP contribution in [-0.4, -0.2) is 29.1 Å². The number of rotatable bonds is 8. The minimum atomic E-state index is -0.295. The Kier molecular flexibility index (Phi) is 7.16. The Labute approximate surface area is 202 Å². The number of halogens is 1. The molecule has 0 N–H and O–H groups in total. The first-order valence-electron chi connectivity index (χ1n) is 11.9. The van der Waals surface area contributed by atoms with E-state index in [0.29, 0.717) is 12.4 Å². The summed E-state index contributed by atoms with van der Waals surface area (Å²) in [4.78, 5) is 17.5. The van der Waals surface area contributed by atoms with Crippen LogP contribution < -0.4 is 10.3 Å². The molecule has 4 aromatic rings. The predicted molar refractivity (Wildman–Crippen MR) is 131 cm³/mol. The standard InChI is InChI=1S/C28H27FN2O4/c29-22-7-4-20(5-8-22)19-35-25-12-14-31(27(32)18-25)24-10-11-26-21(17-24)6-9-23(30-26)13-16-34-28-3-1-2-15-33-28/h4-12,14,17-18,28H,1-3,13,15-16,19H2. The Morgan fingerprint density at radius 3 is 2.71 bits per heavy atom. The van der Waals surface area contributed by atoms with Gasteiger partial charge in [0.15, 0.2) is 6.29 Å². The summed E-state index contributed by atoms with van der Waals surface area (Å²) < 4.78 is 31.7. The van der Waals surface area contributed by atoms with Crippen LogP contribution in [0.25, 0.3) is 16.6 Å². The highest BCUT2D eigenvalue weighted by Crippen LogP contribution is 2.19. The monoisotopic (exact) mass is 474 g/mol. The van der Waals surface area contributed by atoms with Crippen molar-refractivity contribution < 1.29 is 18.6 Å². The van der Waals surface area contributed by atoms with Gasteiger partial charge in [0.1, 0.15) is 18.2 Å². The van der Waals surface area contributed by atoms with Gasteiger partial charge in [-0.2, -0.15) is 0 Å². The summed E-state index contributed by atoms with van der Waals surface area (Å²) in [6, 6.07) is 19.0. The van der Waals surface area contributed by atoms with E-state index in [0.717, 1.165) is 60.1 Å². The number of hydrogen-bond donors (Lipinski definition) is 0. The van der Waals surface area contributed by atoms with E-state index in [2.05, 4.69) is 0 Å². The molecule has 1 saturated heterocycles. The summed E-state index contributed by atoms with van der Waals surface area (Å²) in [6.07, 6.45) is 5.52. The number of ether oxygens (including phenoxy) is 3. The van der Waals surface area contributed by atoms with Crippen molar-refractivity contribution in [2.24, 2.45) is 0 Å². The van der Waals surface area contributed by atoms with Gasteiger partial charge < -0.3 is 14.2 Å². The van der Waals surface area contributed by atoms with Crippen molar-refractivity contribution in [1.82, 2.24) is 9.55 Å². The lowest BCUT2D eigenvalue weighted by Crippen LogP contribution is -2.23. The maximum atomic E-state index is 13.0. The Balaban J connectivity index is 1.23. The normalized spacial score (nSPS) is 15.9. The fourth-order valence-electron chi connectivity index (χ4n) is 4.09. The van der Waals surface area contributed by atoms with Crippen LogP contribution in [0.4, 0.5) is 4.39 Å². The van der Waals surface area contributed by atoms with E-state index in [1.807, 2.05) is 30.3 Å². The van der Waals surface area contributed by atoms with Gasteiger partial charge in [-0.3, -0.25) is 14.3 Å². The Morgan fingerprint density at radius 2 is 1.91 bits per heavy atom. The predicted octanol–water partition coefficient (Wildman–Crippen LogP) is 5.19. The average Bonchev–Trinajstić information content (AvgIpc) is 2.89. The van der Waals surface area contributed by atoms with Gasteiger partial charge in [0, 0.05) is 42.1 Å². The number of hydrogen-bond acceptors (Lipinski definition) is 5. The highest BCUT2D eigenvalue weighted by atomic mass is 19.1. The summed E-state index contributed by atoms with van der Waals surface area (Å²) in [7, 11) is 0. The summed E-state index contributed by atoms with van der Waals surface area (Å²) in [6.45, 7) is 1.61. The van der Waals surface area contributed by atoms with Crippen molar-refractivity contribution in [3.63, 3.8) is 0 Å². The topological polar surface area (TPSA) is 62.6 Å². The van der Waals surface area contributed by atoms with Gasteiger partial charge in [-0.1, -0.05) is 18.2 Å². The van der Waals surface area contributed by atoms with E-state index in [4.69, 9.17) is 19.2 Å². The molecule has 1 fully saturated rings. The van der Waals surface area contributed by atoms with E-state index < -0.39 is 0 Å². The van der Waals surface area contributed by atoms with Crippen LogP contribution in [0.3, 0.4) is 0 Å². The van der Waals surface area contributed by atoms with Crippen LogP contribution in [0.15, 0.2) is 77.7 Å². The lowest BCUT2D eigenvalue weighted by atomic mass is 10.1. The highest BCUT2D eigenvalue weighted by molar-refractivity contribution is 5.81. The molecular weight excluding hydrogens is 447 g/mol. The lowest BCUT2D eigenvalue weighted by molar-refractivity contribution is -0.161. The maximum absolute atomic E-state index is 13.0. The van der Waals surface area contributed by atoms with E-state index in [9.17, 15) is 9.18 Å². The number of nitrogens with zero attached hydrogens (tertiary/aromatic N) is 2. The molecule has 2 aromatic carbocycles. The van der Waals surface area contributed by atoms with Crippen LogP contribution >= 0.6 is 0 Å². The largest absolute Gasteiger partial charge is 0.489 e. The lowest BCUT2D eigenvalue weighted by Gasteiger charge is -2.22. The molecule has 0 aliphatic carbocycles. The first kappa shape index (κ1) is 23.2. The zero-order valence-electron chi connectivity index (χ0n) is 19.4. The molecule has 35 heavy (non-hydrogen) atoms. The van der Waals surface area contributed by atoms with Gasteiger partial charge in [-0.05, 0) is 67.3 Å². The Bertz CT molecular complexity index is 1350. The third kappa shape index (κ3) is 5.93. The second kappa shape index (κ2) is 10.8. The second-order valence-electron chi connectivity index (χ2n) is 8.58. The molecule has 0 spiro atoms. The highest BCUT2D eigenvalue weighted by Gasteiger charge is 2.14. The summed E-state index contributed by atoms with van der Waals surface area (Å²) in [5.74, 6) is 0.167. The minimum Gasteiger partial charge on any atom is -0.489 e. The summed E-state index contributed by atoms with van der Waals surface area (Å²) in [5, 5.41) is 0.950. The molecule has 3 heterocycles. The number of pyridine rings is 2. The summed E-state index contributed by atoms with van der Waals surface area (Å²) in [5.41, 5.74) is 3.20. The van der Waals surface area contributed by atoms with Gasteiger partial charge in [0.2, 0.25) is 0 Å². The Morgan fingerprint density at radius 1 is 1.03 bits per heavy atom. The molecule has 180 valence electrons. The smallest absolute Gasteiger partial charge is 0.258 e. The van der Waals surface area contributed by atoms with E-state index in [1.54, 1.807) is 29.0 Å². The van der Waals surface area contributed by atoms with Crippen LogP contribution in [0, 0.1) is 5.82 Å². The number of benzene rings is 2. The molecule has 1 aliphatic rings. The SMILES string of the molecule is O=c1cc(OCc2ccc(F)cc2)ccn1-c1ccc2nc(CCOC3CCCCO3)ccc2c1. The van der Waals surface area contributed by atoms with Crippen molar-refractivity contribution >= 4 is 10.9 Å². The van der Waals surface area contributed by atoms with Crippen molar-refractivity contribution in [3.05, 3.63) is 100 Å². The zero-order valence-corrected chi connectivity index (χ0v) is 19.4. The van der Waals surface area contributed by atoms with Gasteiger partial charge in [0.05, 0.1) is 12.1 Å². The van der Waals surface area contributed by atoms with Crippen LogP contribution in [0.5, 0.6) is 5.75 Å². The third-order valence-corrected chi connectivity index (χ3v) is 6.02. The minimum absolute atomic E-state index is 0.0928. The number of aromatic nitrogens is 2. The van der Waals surface area contributed by atoms with Crippen LogP contribution in [0.1, 0.15) is 30.5 Å². The van der Waals surface area contributed by atoms with Crippen molar-refractivity contribution in [3.8, 4) is 11.4 Å². The quantitative estimate of drug-likeness (QED) is 0.352. The average molecular weight is 475 g/mol. The van der Waals surface area contributed by atoms with Gasteiger partial charge >= 0.3 is 0 Å². The molecule has 7 heteroatoms. The first-order valence-corrected chi connectivity index (χ1v) is 11.9. The van der Waals surface area contributed by atoms with Crippen molar-refractivity contribution in [2.75, 3.05) is 13.2 Å². The molecule has 6 nitrogen and oxygen atoms in total. The second-order valence-corrected chi connectivity index (χ2v) is 8.58. The van der Waals surface area contributed by atoms with Crippen LogP contribution in [-0.2, 0) is 22.5 Å². The van der Waals surface area contributed by atoms with E-state index in [1.165, 1.54) is 18.2 Å². The molecule has 0 radical (unpaired) electrons. The fourth-order valence-corrected chi connectivity index (χ4v) is 4.09. The molecule has 1 aliphatic heterocycles. The first-order chi connectivity index (χ1) is 17.1. The molecule has 5 rings (SSSR count). The molecule has 2 aromatic heterocycles. The number of fused-ring (bicyclic) bond motifs is 1. The Hall–Kier alpha value is -3.55. The fraction of sp³-hybridized carbons (Fsp3) is 0.286. The molecule has 0 bridgehead atoms. The summed E-state index contributed by atoms with van der Waals surface area (Å²) >= 11 is 0. The molecule has 0 saturated carbocycles. The molecule has 0 amide bonds. The van der Waals surface area contributed by atoms with E-state index in [-0.39, 0.29) is 24.3 Å². The zero-order chi connectivity index (χ0) is 24.0. The third-order valence-electron chi connectivity index (χ3n) is 6.02. The van der Waals surface area contributed by atoms with Crippen molar-refractivity contribution in [1.29, 1.82) is 0 Å². The van der Waals surface area contributed by atoms with Gasteiger partial charge in [-0.15, -0.1) is 0 Å². The van der Waals surface area contributed by atoms with E-state index >= 15 is 0 Å².